The minimum absolute atomic E-state index is 0.508. The normalized spacial score (nSPS) is 11.7. The Bertz CT molecular complexity index is 356. The van der Waals surface area contributed by atoms with Gasteiger partial charge in [0.2, 0.25) is 5.76 Å². The molecule has 0 atom stereocenters. The monoisotopic (exact) mass is 209 g/mol. The van der Waals surface area contributed by atoms with Gasteiger partial charge in [-0.1, -0.05) is 0 Å². The standard InChI is InChI=1S/C7H6F3NO3/c8-7(9,10)5-3(2-12)1-4(14-5)6(11)13/h1,12H,2H2,(H2,11,13). The van der Waals surface area contributed by atoms with Crippen molar-refractivity contribution in [2.75, 3.05) is 0 Å². The first-order valence-electron chi connectivity index (χ1n) is 3.47. The van der Waals surface area contributed by atoms with Crippen LogP contribution >= 0.6 is 0 Å². The predicted molar refractivity (Wildman–Crippen MR) is 38.2 cm³/mol. The van der Waals surface area contributed by atoms with Crippen molar-refractivity contribution in [1.29, 1.82) is 0 Å². The van der Waals surface area contributed by atoms with Crippen molar-refractivity contribution in [2.45, 2.75) is 12.8 Å². The van der Waals surface area contributed by atoms with Crippen LogP contribution in [0.5, 0.6) is 0 Å². The van der Waals surface area contributed by atoms with Gasteiger partial charge in [-0.3, -0.25) is 4.79 Å². The maximum absolute atomic E-state index is 12.2. The molecule has 0 aromatic carbocycles. The molecule has 1 aromatic heterocycles. The smallest absolute Gasteiger partial charge is 0.446 e. The Balaban J connectivity index is 3.22. The van der Waals surface area contributed by atoms with Crippen molar-refractivity contribution in [1.82, 2.24) is 0 Å². The third kappa shape index (κ3) is 1.87. The highest BCUT2D eigenvalue weighted by molar-refractivity contribution is 5.90. The number of hydrogen-bond donors (Lipinski definition) is 2. The molecule has 0 radical (unpaired) electrons. The van der Waals surface area contributed by atoms with E-state index in [1.165, 1.54) is 0 Å². The zero-order valence-electron chi connectivity index (χ0n) is 6.76. The molecular formula is C7H6F3NO3. The molecule has 7 heteroatoms. The average molecular weight is 209 g/mol. The maximum Gasteiger partial charge on any atom is 0.449 e. The molecule has 0 saturated carbocycles. The number of primary amides is 1. The molecule has 0 aliphatic rings. The Hall–Kier alpha value is -1.50. The summed E-state index contributed by atoms with van der Waals surface area (Å²) in [6, 6.07) is 0.769. The number of rotatable bonds is 2. The SMILES string of the molecule is NC(=O)c1cc(CO)c(C(F)(F)F)o1. The van der Waals surface area contributed by atoms with Crippen molar-refractivity contribution >= 4 is 5.91 Å². The average Bonchev–Trinajstić information content (AvgIpc) is 2.46. The minimum Gasteiger partial charge on any atom is -0.446 e. The van der Waals surface area contributed by atoms with E-state index in [1.807, 2.05) is 0 Å². The molecule has 0 bridgehead atoms. The van der Waals surface area contributed by atoms with E-state index in [4.69, 9.17) is 10.8 Å². The number of amides is 1. The summed E-state index contributed by atoms with van der Waals surface area (Å²) in [5.74, 6) is -3.13. The summed E-state index contributed by atoms with van der Waals surface area (Å²) in [4.78, 5) is 10.5. The molecule has 1 aromatic rings. The van der Waals surface area contributed by atoms with Crippen LogP contribution in [0.1, 0.15) is 21.9 Å². The molecular weight excluding hydrogens is 203 g/mol. The van der Waals surface area contributed by atoms with E-state index in [0.29, 0.717) is 0 Å². The first-order chi connectivity index (χ1) is 6.36. The molecule has 14 heavy (non-hydrogen) atoms. The lowest BCUT2D eigenvalue weighted by atomic mass is 10.2. The topological polar surface area (TPSA) is 76.5 Å². The van der Waals surface area contributed by atoms with E-state index in [0.717, 1.165) is 6.07 Å². The first kappa shape index (κ1) is 10.6. The quantitative estimate of drug-likeness (QED) is 0.759. The third-order valence-electron chi connectivity index (χ3n) is 1.48. The summed E-state index contributed by atoms with van der Waals surface area (Å²) in [6.45, 7) is -0.869. The van der Waals surface area contributed by atoms with Gasteiger partial charge in [-0.2, -0.15) is 13.2 Å². The van der Waals surface area contributed by atoms with Gasteiger partial charge in [0.15, 0.2) is 5.76 Å². The molecule has 1 rings (SSSR count). The summed E-state index contributed by atoms with van der Waals surface area (Å²) in [6.07, 6.45) is -4.74. The van der Waals surface area contributed by atoms with Crippen LogP contribution in [0.3, 0.4) is 0 Å². The second-order valence-corrected chi connectivity index (χ2v) is 2.49. The number of halogens is 3. The van der Waals surface area contributed by atoms with Crippen LogP contribution in [-0.4, -0.2) is 11.0 Å². The molecule has 4 nitrogen and oxygen atoms in total. The molecule has 0 spiro atoms. The van der Waals surface area contributed by atoms with E-state index >= 15 is 0 Å². The minimum atomic E-state index is -4.74. The molecule has 0 fully saturated rings. The van der Waals surface area contributed by atoms with Crippen LogP contribution < -0.4 is 5.73 Å². The summed E-state index contributed by atoms with van der Waals surface area (Å²) >= 11 is 0. The molecule has 0 unspecified atom stereocenters. The van der Waals surface area contributed by atoms with Crippen molar-refractivity contribution in [3.63, 3.8) is 0 Å². The number of furan rings is 1. The lowest BCUT2D eigenvalue weighted by Crippen LogP contribution is -2.10. The van der Waals surface area contributed by atoms with Crippen molar-refractivity contribution in [3.8, 4) is 0 Å². The summed E-state index contributed by atoms with van der Waals surface area (Å²) < 4.78 is 40.6. The number of hydrogen-bond acceptors (Lipinski definition) is 3. The van der Waals surface area contributed by atoms with Crippen molar-refractivity contribution < 1.29 is 27.5 Å². The fourth-order valence-electron chi connectivity index (χ4n) is 0.908. The zero-order valence-corrected chi connectivity index (χ0v) is 6.76. The van der Waals surface area contributed by atoms with Gasteiger partial charge >= 0.3 is 6.18 Å². The number of nitrogens with two attached hydrogens (primary N) is 1. The number of carbonyl (C=O) groups excluding carboxylic acids is 1. The Kier molecular flexibility index (Phi) is 2.52. The number of alkyl halides is 3. The molecule has 0 saturated heterocycles. The maximum atomic E-state index is 12.2. The molecule has 1 heterocycles. The van der Waals surface area contributed by atoms with E-state index in [2.05, 4.69) is 4.42 Å². The van der Waals surface area contributed by atoms with Crippen LogP contribution in [-0.2, 0) is 12.8 Å². The van der Waals surface area contributed by atoms with Crippen LogP contribution in [0, 0.1) is 0 Å². The number of aliphatic hydroxyl groups excluding tert-OH is 1. The molecule has 0 aliphatic carbocycles. The van der Waals surface area contributed by atoms with Gasteiger partial charge in [0.1, 0.15) is 0 Å². The van der Waals surface area contributed by atoms with E-state index in [-0.39, 0.29) is 0 Å². The van der Waals surface area contributed by atoms with Crippen LogP contribution in [0.25, 0.3) is 0 Å². The number of carbonyl (C=O) groups is 1. The Morgan fingerprint density at radius 1 is 1.57 bits per heavy atom. The predicted octanol–water partition coefficient (Wildman–Crippen LogP) is 0.890. The molecule has 0 aliphatic heterocycles. The van der Waals surface area contributed by atoms with Gasteiger partial charge in [-0.15, -0.1) is 0 Å². The van der Waals surface area contributed by atoms with Gasteiger partial charge in [0.05, 0.1) is 6.61 Å². The lowest BCUT2D eigenvalue weighted by molar-refractivity contribution is -0.154. The fraction of sp³-hybridized carbons (Fsp3) is 0.286. The van der Waals surface area contributed by atoms with Crippen LogP contribution in [0.4, 0.5) is 13.2 Å². The van der Waals surface area contributed by atoms with Gasteiger partial charge in [-0.05, 0) is 6.07 Å². The summed E-state index contributed by atoms with van der Waals surface area (Å²) in [5, 5.41) is 8.56. The van der Waals surface area contributed by atoms with Gasteiger partial charge in [-0.25, -0.2) is 0 Å². The largest absolute Gasteiger partial charge is 0.449 e. The van der Waals surface area contributed by atoms with Crippen molar-refractivity contribution in [2.24, 2.45) is 5.73 Å². The van der Waals surface area contributed by atoms with Crippen molar-refractivity contribution in [3.05, 3.63) is 23.2 Å². The highest BCUT2D eigenvalue weighted by Crippen LogP contribution is 2.33. The van der Waals surface area contributed by atoms with Gasteiger partial charge < -0.3 is 15.3 Å². The Morgan fingerprint density at radius 3 is 2.43 bits per heavy atom. The zero-order chi connectivity index (χ0) is 10.9. The van der Waals surface area contributed by atoms with Gasteiger partial charge in [0.25, 0.3) is 5.91 Å². The lowest BCUT2D eigenvalue weighted by Gasteiger charge is -2.03. The highest BCUT2D eigenvalue weighted by atomic mass is 19.4. The second-order valence-electron chi connectivity index (χ2n) is 2.49. The fourth-order valence-corrected chi connectivity index (χ4v) is 0.908. The highest BCUT2D eigenvalue weighted by Gasteiger charge is 2.38. The van der Waals surface area contributed by atoms with E-state index in [9.17, 15) is 18.0 Å². The second kappa shape index (κ2) is 3.33. The third-order valence-corrected chi connectivity index (χ3v) is 1.48. The summed E-state index contributed by atoms with van der Waals surface area (Å²) in [7, 11) is 0. The first-order valence-corrected chi connectivity index (χ1v) is 3.47. The van der Waals surface area contributed by atoms with Crippen LogP contribution in [0.15, 0.2) is 10.5 Å². The molecule has 1 amide bonds. The summed E-state index contributed by atoms with van der Waals surface area (Å²) in [5.41, 5.74) is 4.20. The van der Waals surface area contributed by atoms with Crippen LogP contribution in [0.2, 0.25) is 0 Å². The van der Waals surface area contributed by atoms with E-state index < -0.39 is 35.8 Å². The van der Waals surface area contributed by atoms with E-state index in [1.54, 1.807) is 0 Å². The molecule has 78 valence electrons. The van der Waals surface area contributed by atoms with Gasteiger partial charge in [0, 0.05) is 5.56 Å². The molecule has 3 N–H and O–H groups in total. The number of aliphatic hydroxyl groups is 1. The Labute approximate surface area is 76.1 Å². The Morgan fingerprint density at radius 2 is 2.14 bits per heavy atom.